The van der Waals surface area contributed by atoms with Gasteiger partial charge in [-0.15, -0.1) is 0 Å². The van der Waals surface area contributed by atoms with Gasteiger partial charge in [0.25, 0.3) is 5.91 Å². The van der Waals surface area contributed by atoms with Crippen molar-refractivity contribution in [2.45, 2.75) is 52.6 Å². The highest BCUT2D eigenvalue weighted by Crippen LogP contribution is 2.52. The molecule has 1 N–H and O–H groups in total. The highest BCUT2D eigenvalue weighted by atomic mass is 16.1. The summed E-state index contributed by atoms with van der Waals surface area (Å²) in [6.45, 7) is 8.25. The van der Waals surface area contributed by atoms with Crippen LogP contribution in [0.15, 0.2) is 36.3 Å². The lowest BCUT2D eigenvalue weighted by atomic mass is 9.65. The maximum absolute atomic E-state index is 12.4. The molecule has 2 bridgehead atoms. The summed E-state index contributed by atoms with van der Waals surface area (Å²) >= 11 is 0. The molecule has 0 spiro atoms. The van der Waals surface area contributed by atoms with Crippen LogP contribution in [-0.2, 0) is 11.3 Å². The molecule has 1 saturated heterocycles. The molecule has 1 saturated carbocycles. The van der Waals surface area contributed by atoms with Gasteiger partial charge in [0.15, 0.2) is 0 Å². The zero-order chi connectivity index (χ0) is 18.1. The lowest BCUT2D eigenvalue weighted by Gasteiger charge is -2.39. The smallest absolute Gasteiger partial charge is 0.263 e. The van der Waals surface area contributed by atoms with Crippen molar-refractivity contribution in [3.63, 3.8) is 0 Å². The Kier molecular flexibility index (Phi) is 4.55. The molecule has 2 fully saturated rings. The fraction of sp³-hybridized carbons (Fsp3) is 0.550. The van der Waals surface area contributed by atoms with Gasteiger partial charge in [0.2, 0.25) is 0 Å². The number of nitrogens with one attached hydrogen (secondary N) is 1. The van der Waals surface area contributed by atoms with Crippen LogP contribution in [0.2, 0.25) is 0 Å². The number of rotatable bonds is 4. The molecule has 3 rings (SSSR count). The Labute approximate surface area is 149 Å². The Hall–Kier alpha value is -2.35. The first-order valence-corrected chi connectivity index (χ1v) is 8.85. The minimum Gasteiger partial charge on any atom is -0.373 e. The lowest BCUT2D eigenvalue weighted by molar-refractivity contribution is -0.117. The molecular weight excluding hydrogens is 312 g/mol. The van der Waals surface area contributed by atoms with Crippen molar-refractivity contribution in [2.24, 2.45) is 10.8 Å². The molecule has 1 aromatic heterocycles. The molecule has 1 aliphatic heterocycles. The SMILES string of the molecule is CC1(C)CC2CC(C)(CN2/C=C(/C#N)C(=O)NCc2cccnc2)C1. The molecule has 2 unspecified atom stereocenters. The van der Waals surface area contributed by atoms with Crippen molar-refractivity contribution in [1.82, 2.24) is 15.2 Å². The van der Waals surface area contributed by atoms with Gasteiger partial charge in [-0.25, -0.2) is 0 Å². The van der Waals surface area contributed by atoms with Crippen LogP contribution in [0.1, 0.15) is 45.6 Å². The molecule has 2 aliphatic rings. The van der Waals surface area contributed by atoms with Gasteiger partial charge >= 0.3 is 0 Å². The van der Waals surface area contributed by atoms with E-state index in [1.807, 2.05) is 12.1 Å². The summed E-state index contributed by atoms with van der Waals surface area (Å²) in [4.78, 5) is 18.6. The molecule has 5 heteroatoms. The number of amides is 1. The van der Waals surface area contributed by atoms with Gasteiger partial charge in [-0.1, -0.05) is 26.8 Å². The number of nitrogens with zero attached hydrogens (tertiary/aromatic N) is 3. The van der Waals surface area contributed by atoms with E-state index in [1.165, 1.54) is 6.42 Å². The Bertz CT molecular complexity index is 719. The molecule has 132 valence electrons. The van der Waals surface area contributed by atoms with Crippen LogP contribution >= 0.6 is 0 Å². The van der Waals surface area contributed by atoms with E-state index in [0.717, 1.165) is 24.9 Å². The Balaban J connectivity index is 1.68. The largest absolute Gasteiger partial charge is 0.373 e. The number of likely N-dealkylation sites (tertiary alicyclic amines) is 1. The van der Waals surface area contributed by atoms with Crippen LogP contribution in [0.4, 0.5) is 0 Å². The maximum atomic E-state index is 12.4. The molecule has 25 heavy (non-hydrogen) atoms. The first-order valence-electron chi connectivity index (χ1n) is 8.85. The Morgan fingerprint density at radius 3 is 2.96 bits per heavy atom. The monoisotopic (exact) mass is 338 g/mol. The van der Waals surface area contributed by atoms with Crippen molar-refractivity contribution in [1.29, 1.82) is 5.26 Å². The van der Waals surface area contributed by atoms with Gasteiger partial charge in [-0.2, -0.15) is 5.26 Å². The van der Waals surface area contributed by atoms with Crippen LogP contribution in [0, 0.1) is 22.2 Å². The van der Waals surface area contributed by atoms with Gasteiger partial charge in [-0.3, -0.25) is 9.78 Å². The van der Waals surface area contributed by atoms with Crippen molar-refractivity contribution in [2.75, 3.05) is 6.54 Å². The zero-order valence-electron chi connectivity index (χ0n) is 15.2. The molecule has 2 atom stereocenters. The van der Waals surface area contributed by atoms with Gasteiger partial charge in [0, 0.05) is 37.7 Å². The summed E-state index contributed by atoms with van der Waals surface area (Å²) in [6.07, 6.45) is 8.62. The highest BCUT2D eigenvalue weighted by molar-refractivity contribution is 5.97. The van der Waals surface area contributed by atoms with Crippen molar-refractivity contribution in [3.8, 4) is 6.07 Å². The molecule has 1 aliphatic carbocycles. The number of fused-ring (bicyclic) bond motifs is 2. The van der Waals surface area contributed by atoms with Gasteiger partial charge in [0.05, 0.1) is 0 Å². The van der Waals surface area contributed by atoms with E-state index in [4.69, 9.17) is 0 Å². The minimum absolute atomic E-state index is 0.179. The van der Waals surface area contributed by atoms with Crippen LogP contribution in [0.5, 0.6) is 0 Å². The Morgan fingerprint density at radius 2 is 2.28 bits per heavy atom. The van der Waals surface area contributed by atoms with Gasteiger partial charge in [0.1, 0.15) is 11.6 Å². The molecule has 0 radical (unpaired) electrons. The number of carbonyl (C=O) groups is 1. The van der Waals surface area contributed by atoms with Gasteiger partial charge < -0.3 is 10.2 Å². The number of nitriles is 1. The molecule has 5 nitrogen and oxygen atoms in total. The fourth-order valence-electron chi connectivity index (χ4n) is 4.74. The van der Waals surface area contributed by atoms with E-state index in [2.05, 4.69) is 42.0 Å². The van der Waals surface area contributed by atoms with Crippen LogP contribution in [0.25, 0.3) is 0 Å². The number of hydrogen-bond acceptors (Lipinski definition) is 4. The molecule has 1 aromatic rings. The van der Waals surface area contributed by atoms with Crippen molar-refractivity contribution < 1.29 is 4.79 Å². The summed E-state index contributed by atoms with van der Waals surface area (Å²) in [5.74, 6) is -0.322. The van der Waals surface area contributed by atoms with Crippen LogP contribution in [0.3, 0.4) is 0 Å². The van der Waals surface area contributed by atoms with E-state index >= 15 is 0 Å². The molecule has 2 heterocycles. The predicted molar refractivity (Wildman–Crippen MR) is 96.0 cm³/mol. The van der Waals surface area contributed by atoms with E-state index in [-0.39, 0.29) is 16.9 Å². The van der Waals surface area contributed by atoms with Crippen molar-refractivity contribution in [3.05, 3.63) is 41.9 Å². The molecule has 1 amide bonds. The third kappa shape index (κ3) is 4.01. The maximum Gasteiger partial charge on any atom is 0.263 e. The number of hydrogen-bond donors (Lipinski definition) is 1. The second kappa shape index (κ2) is 6.51. The topological polar surface area (TPSA) is 69.0 Å². The predicted octanol–water partition coefficient (Wildman–Crippen LogP) is 3.01. The quantitative estimate of drug-likeness (QED) is 0.677. The Morgan fingerprint density at radius 1 is 1.48 bits per heavy atom. The van der Waals surface area contributed by atoms with E-state index in [1.54, 1.807) is 18.6 Å². The summed E-state index contributed by atoms with van der Waals surface area (Å²) < 4.78 is 0. The summed E-state index contributed by atoms with van der Waals surface area (Å²) in [5.41, 5.74) is 1.68. The van der Waals surface area contributed by atoms with E-state index in [9.17, 15) is 10.1 Å². The number of aromatic nitrogens is 1. The second-order valence-corrected chi connectivity index (χ2v) is 8.58. The average molecular weight is 338 g/mol. The van der Waals surface area contributed by atoms with Gasteiger partial charge in [-0.05, 0) is 41.7 Å². The summed E-state index contributed by atoms with van der Waals surface area (Å²) in [7, 11) is 0. The van der Waals surface area contributed by atoms with Crippen molar-refractivity contribution >= 4 is 5.91 Å². The third-order valence-electron chi connectivity index (χ3n) is 5.29. The second-order valence-electron chi connectivity index (χ2n) is 8.58. The number of pyridine rings is 1. The average Bonchev–Trinajstić information content (AvgIpc) is 2.79. The summed E-state index contributed by atoms with van der Waals surface area (Å²) in [5, 5.41) is 12.3. The lowest BCUT2D eigenvalue weighted by Crippen LogP contribution is -2.34. The zero-order valence-corrected chi connectivity index (χ0v) is 15.2. The third-order valence-corrected chi connectivity index (χ3v) is 5.29. The summed E-state index contributed by atoms with van der Waals surface area (Å²) in [6, 6.07) is 6.22. The van der Waals surface area contributed by atoms with Crippen LogP contribution < -0.4 is 5.32 Å². The molecular formula is C20H26N4O. The van der Waals surface area contributed by atoms with E-state index < -0.39 is 0 Å². The normalized spacial score (nSPS) is 27.7. The molecule has 0 aromatic carbocycles. The minimum atomic E-state index is -0.322. The highest BCUT2D eigenvalue weighted by Gasteiger charge is 2.48. The first-order chi connectivity index (χ1) is 11.8. The van der Waals surface area contributed by atoms with E-state index in [0.29, 0.717) is 18.0 Å². The van der Waals surface area contributed by atoms with Crippen LogP contribution in [-0.4, -0.2) is 28.4 Å². The first kappa shape index (κ1) is 17.5. The standard InChI is InChI=1S/C20H26N4O/c1-19(2)7-17-8-20(3,13-19)14-24(17)12-16(9-21)18(25)23-11-15-5-4-6-22-10-15/h4-6,10,12,17H,7-8,11,13-14H2,1-3H3,(H,23,25)/b16-12-. The fourth-order valence-corrected chi connectivity index (χ4v) is 4.74. The number of carbonyl (C=O) groups excluding carboxylic acids is 1.